The van der Waals surface area contributed by atoms with Gasteiger partial charge in [-0.05, 0) is 42.8 Å². The predicted molar refractivity (Wildman–Crippen MR) is 97.3 cm³/mol. The van der Waals surface area contributed by atoms with Gasteiger partial charge in [0.05, 0.1) is 0 Å². The molecular formula is C19H20FN5O. The number of fused-ring (bicyclic) bond motifs is 1. The van der Waals surface area contributed by atoms with Crippen molar-refractivity contribution in [1.29, 1.82) is 0 Å². The van der Waals surface area contributed by atoms with Crippen molar-refractivity contribution in [2.45, 2.75) is 13.0 Å². The fourth-order valence-corrected chi connectivity index (χ4v) is 3.27. The van der Waals surface area contributed by atoms with Crippen molar-refractivity contribution in [2.75, 3.05) is 31.1 Å². The summed E-state index contributed by atoms with van der Waals surface area (Å²) < 4.78 is 13.1. The van der Waals surface area contributed by atoms with Crippen LogP contribution in [0.2, 0.25) is 0 Å². The lowest BCUT2D eigenvalue weighted by Crippen LogP contribution is -2.37. The number of carbonyl (C=O) groups excluding carboxylic acids is 1. The van der Waals surface area contributed by atoms with Gasteiger partial charge in [0, 0.05) is 31.9 Å². The van der Waals surface area contributed by atoms with E-state index in [9.17, 15) is 9.18 Å². The highest BCUT2D eigenvalue weighted by atomic mass is 19.1. The molecule has 1 fully saturated rings. The molecule has 0 N–H and O–H groups in total. The smallest absolute Gasteiger partial charge is 0.246 e. The third-order valence-corrected chi connectivity index (χ3v) is 4.65. The molecule has 0 saturated carbocycles. The maximum absolute atomic E-state index is 13.1. The summed E-state index contributed by atoms with van der Waals surface area (Å²) in [6.07, 6.45) is 0.873. The van der Waals surface area contributed by atoms with E-state index in [0.29, 0.717) is 13.1 Å². The summed E-state index contributed by atoms with van der Waals surface area (Å²) >= 11 is 0. The molecule has 26 heavy (non-hydrogen) atoms. The standard InChI is InChI=1S/C19H20FN5O/c20-15-6-8-16(9-7-15)23-10-3-11-24(13-12-23)19(26)14-25-21-17-4-1-2-5-18(17)22-25/h1-2,4-9H,3,10-14H2. The topological polar surface area (TPSA) is 54.3 Å². The molecule has 3 aromatic rings. The van der Waals surface area contributed by atoms with Gasteiger partial charge in [-0.2, -0.15) is 15.0 Å². The van der Waals surface area contributed by atoms with Gasteiger partial charge in [-0.3, -0.25) is 4.79 Å². The third-order valence-electron chi connectivity index (χ3n) is 4.65. The molecule has 2 aromatic carbocycles. The molecule has 4 rings (SSSR count). The Bertz CT molecular complexity index is 875. The van der Waals surface area contributed by atoms with Gasteiger partial charge in [-0.15, -0.1) is 0 Å². The molecule has 1 saturated heterocycles. The molecule has 1 aliphatic heterocycles. The van der Waals surface area contributed by atoms with Crippen molar-refractivity contribution in [1.82, 2.24) is 19.9 Å². The number of nitrogens with zero attached hydrogens (tertiary/aromatic N) is 5. The molecule has 0 bridgehead atoms. The van der Waals surface area contributed by atoms with Gasteiger partial charge >= 0.3 is 0 Å². The number of anilines is 1. The molecule has 0 radical (unpaired) electrons. The minimum atomic E-state index is -0.237. The van der Waals surface area contributed by atoms with E-state index in [1.54, 1.807) is 12.1 Å². The first-order valence-corrected chi connectivity index (χ1v) is 8.77. The Hall–Kier alpha value is -2.96. The van der Waals surface area contributed by atoms with Crippen LogP contribution in [0.15, 0.2) is 48.5 Å². The Balaban J connectivity index is 1.40. The van der Waals surface area contributed by atoms with E-state index in [0.717, 1.165) is 36.2 Å². The second kappa shape index (κ2) is 7.11. The molecule has 6 nitrogen and oxygen atoms in total. The van der Waals surface area contributed by atoms with Crippen molar-refractivity contribution in [2.24, 2.45) is 0 Å². The first-order valence-electron chi connectivity index (χ1n) is 8.77. The summed E-state index contributed by atoms with van der Waals surface area (Å²) in [4.78, 5) is 18.2. The highest BCUT2D eigenvalue weighted by molar-refractivity contribution is 5.77. The molecule has 1 aliphatic rings. The fourth-order valence-electron chi connectivity index (χ4n) is 3.27. The molecule has 0 spiro atoms. The zero-order valence-corrected chi connectivity index (χ0v) is 14.4. The highest BCUT2D eigenvalue weighted by Crippen LogP contribution is 2.17. The largest absolute Gasteiger partial charge is 0.370 e. The lowest BCUT2D eigenvalue weighted by Gasteiger charge is -2.23. The van der Waals surface area contributed by atoms with Crippen LogP contribution in [0, 0.1) is 5.82 Å². The molecule has 0 aliphatic carbocycles. The average Bonchev–Trinajstić information content (AvgIpc) is 2.88. The van der Waals surface area contributed by atoms with Crippen LogP contribution in [0.4, 0.5) is 10.1 Å². The van der Waals surface area contributed by atoms with Gasteiger partial charge in [0.1, 0.15) is 23.4 Å². The number of hydrogen-bond acceptors (Lipinski definition) is 4. The van der Waals surface area contributed by atoms with Crippen LogP contribution in [-0.4, -0.2) is 52.0 Å². The van der Waals surface area contributed by atoms with Crippen LogP contribution >= 0.6 is 0 Å². The Kier molecular flexibility index (Phi) is 4.51. The minimum Gasteiger partial charge on any atom is -0.370 e. The lowest BCUT2D eigenvalue weighted by molar-refractivity contribution is -0.132. The van der Waals surface area contributed by atoms with E-state index in [-0.39, 0.29) is 18.3 Å². The number of amides is 1. The van der Waals surface area contributed by atoms with E-state index in [1.165, 1.54) is 16.9 Å². The Morgan fingerprint density at radius 1 is 0.923 bits per heavy atom. The van der Waals surface area contributed by atoms with Gasteiger partial charge in [-0.1, -0.05) is 12.1 Å². The third kappa shape index (κ3) is 3.51. The van der Waals surface area contributed by atoms with E-state index >= 15 is 0 Å². The zero-order valence-electron chi connectivity index (χ0n) is 14.4. The SMILES string of the molecule is O=C(Cn1nc2ccccc2n1)N1CCCN(c2ccc(F)cc2)CC1. The highest BCUT2D eigenvalue weighted by Gasteiger charge is 2.20. The number of halogens is 1. The molecule has 7 heteroatoms. The van der Waals surface area contributed by atoms with Gasteiger partial charge < -0.3 is 9.80 Å². The first-order chi connectivity index (χ1) is 12.7. The number of benzene rings is 2. The quantitative estimate of drug-likeness (QED) is 0.725. The second-order valence-corrected chi connectivity index (χ2v) is 6.42. The molecule has 2 heterocycles. The zero-order chi connectivity index (χ0) is 17.9. The average molecular weight is 353 g/mol. The second-order valence-electron chi connectivity index (χ2n) is 6.42. The van der Waals surface area contributed by atoms with Crippen molar-refractivity contribution in [3.05, 3.63) is 54.3 Å². The van der Waals surface area contributed by atoms with Crippen molar-refractivity contribution >= 4 is 22.6 Å². The number of carbonyl (C=O) groups is 1. The number of hydrogen-bond donors (Lipinski definition) is 0. The maximum Gasteiger partial charge on any atom is 0.246 e. The molecule has 134 valence electrons. The van der Waals surface area contributed by atoms with Crippen LogP contribution < -0.4 is 4.90 Å². The first kappa shape index (κ1) is 16.5. The fraction of sp³-hybridized carbons (Fsp3) is 0.316. The molecule has 0 atom stereocenters. The summed E-state index contributed by atoms with van der Waals surface area (Å²) in [7, 11) is 0. The van der Waals surface area contributed by atoms with Crippen LogP contribution in [0.1, 0.15) is 6.42 Å². The van der Waals surface area contributed by atoms with Gasteiger partial charge in [-0.25, -0.2) is 4.39 Å². The molecule has 0 unspecified atom stereocenters. The predicted octanol–water partition coefficient (Wildman–Crippen LogP) is 2.31. The number of aromatic nitrogens is 3. The molecule has 1 aromatic heterocycles. The van der Waals surface area contributed by atoms with E-state index in [4.69, 9.17) is 0 Å². The Labute approximate surface area is 150 Å². The van der Waals surface area contributed by atoms with Gasteiger partial charge in [0.25, 0.3) is 0 Å². The lowest BCUT2D eigenvalue weighted by atomic mass is 10.2. The van der Waals surface area contributed by atoms with E-state index < -0.39 is 0 Å². The summed E-state index contributed by atoms with van der Waals surface area (Å²) in [5.41, 5.74) is 2.57. The van der Waals surface area contributed by atoms with Crippen molar-refractivity contribution in [3.8, 4) is 0 Å². The van der Waals surface area contributed by atoms with E-state index in [1.807, 2.05) is 29.2 Å². The van der Waals surface area contributed by atoms with Crippen LogP contribution in [0.5, 0.6) is 0 Å². The maximum atomic E-state index is 13.1. The van der Waals surface area contributed by atoms with Crippen molar-refractivity contribution < 1.29 is 9.18 Å². The van der Waals surface area contributed by atoms with Gasteiger partial charge in [0.15, 0.2) is 0 Å². The summed E-state index contributed by atoms with van der Waals surface area (Å²) in [5.74, 6) is -0.217. The number of rotatable bonds is 3. The Morgan fingerprint density at radius 2 is 1.62 bits per heavy atom. The van der Waals surface area contributed by atoms with Crippen LogP contribution in [-0.2, 0) is 11.3 Å². The summed E-state index contributed by atoms with van der Waals surface area (Å²) in [6.45, 7) is 3.06. The molecular weight excluding hydrogens is 333 g/mol. The van der Waals surface area contributed by atoms with Crippen LogP contribution in [0.3, 0.4) is 0 Å². The monoisotopic (exact) mass is 353 g/mol. The summed E-state index contributed by atoms with van der Waals surface area (Å²) in [5, 5.41) is 8.71. The summed E-state index contributed by atoms with van der Waals surface area (Å²) in [6, 6.07) is 14.1. The van der Waals surface area contributed by atoms with Gasteiger partial charge in [0.2, 0.25) is 5.91 Å². The normalized spacial score (nSPS) is 15.3. The Morgan fingerprint density at radius 3 is 2.31 bits per heavy atom. The van der Waals surface area contributed by atoms with E-state index in [2.05, 4.69) is 15.1 Å². The van der Waals surface area contributed by atoms with Crippen molar-refractivity contribution in [3.63, 3.8) is 0 Å². The molecule has 1 amide bonds. The van der Waals surface area contributed by atoms with Crippen LogP contribution in [0.25, 0.3) is 11.0 Å². The minimum absolute atomic E-state index is 0.0197.